The van der Waals surface area contributed by atoms with Gasteiger partial charge in [0.05, 0.1) is 5.60 Å². The number of hydrogen-bond acceptors (Lipinski definition) is 1. The van der Waals surface area contributed by atoms with Crippen LogP contribution < -0.4 is 0 Å². The maximum atomic E-state index is 10.6. The van der Waals surface area contributed by atoms with Crippen LogP contribution in [0.2, 0.25) is 0 Å². The normalized spacial score (nSPS) is 30.2. The lowest BCUT2D eigenvalue weighted by Gasteiger charge is -2.26. The molecule has 1 aliphatic carbocycles. The molecule has 1 rings (SSSR count). The molecule has 0 heterocycles. The summed E-state index contributed by atoms with van der Waals surface area (Å²) in [6, 6.07) is 0. The number of aliphatic hydroxyl groups is 1. The second kappa shape index (κ2) is 8.13. The van der Waals surface area contributed by atoms with E-state index in [-0.39, 0.29) is 5.60 Å². The summed E-state index contributed by atoms with van der Waals surface area (Å²) < 4.78 is 0. The predicted octanol–water partition coefficient (Wildman–Crippen LogP) is 5.07. The van der Waals surface area contributed by atoms with Crippen molar-refractivity contribution in [3.63, 3.8) is 0 Å². The Morgan fingerprint density at radius 2 is 1.71 bits per heavy atom. The van der Waals surface area contributed by atoms with Crippen molar-refractivity contribution in [2.24, 2.45) is 5.92 Å². The molecule has 1 aliphatic rings. The molecule has 1 nitrogen and oxygen atoms in total. The molecular formula is C16H32O. The van der Waals surface area contributed by atoms with Crippen molar-refractivity contribution in [2.45, 2.75) is 96.5 Å². The Morgan fingerprint density at radius 1 is 1.00 bits per heavy atom. The zero-order valence-electron chi connectivity index (χ0n) is 12.0. The van der Waals surface area contributed by atoms with E-state index < -0.39 is 0 Å². The van der Waals surface area contributed by atoms with Gasteiger partial charge in [0, 0.05) is 0 Å². The summed E-state index contributed by atoms with van der Waals surface area (Å²) in [5, 5.41) is 10.6. The maximum Gasteiger partial charge on any atom is 0.0648 e. The summed E-state index contributed by atoms with van der Waals surface area (Å²) in [5.74, 6) is 0.827. The van der Waals surface area contributed by atoms with Gasteiger partial charge in [-0.3, -0.25) is 0 Å². The summed E-state index contributed by atoms with van der Waals surface area (Å²) in [6.45, 7) is 4.59. The quantitative estimate of drug-likeness (QED) is 0.486. The molecule has 0 spiro atoms. The maximum absolute atomic E-state index is 10.6. The molecule has 1 heteroatoms. The predicted molar refractivity (Wildman–Crippen MR) is 75.2 cm³/mol. The van der Waals surface area contributed by atoms with Crippen LogP contribution >= 0.6 is 0 Å². The van der Waals surface area contributed by atoms with Gasteiger partial charge in [0.2, 0.25) is 0 Å². The smallest absolute Gasteiger partial charge is 0.0648 e. The molecule has 0 aromatic rings. The van der Waals surface area contributed by atoms with Crippen LogP contribution in [0.5, 0.6) is 0 Å². The van der Waals surface area contributed by atoms with Gasteiger partial charge >= 0.3 is 0 Å². The van der Waals surface area contributed by atoms with Gasteiger partial charge in [-0.15, -0.1) is 0 Å². The van der Waals surface area contributed by atoms with E-state index >= 15 is 0 Å². The van der Waals surface area contributed by atoms with E-state index in [1.54, 1.807) is 0 Å². The first-order valence-corrected chi connectivity index (χ1v) is 7.89. The molecule has 0 aliphatic heterocycles. The zero-order chi connectivity index (χ0) is 12.6. The third-order valence-corrected chi connectivity index (χ3v) is 4.44. The Kier molecular flexibility index (Phi) is 7.18. The molecule has 1 saturated carbocycles. The average molecular weight is 240 g/mol. The molecular weight excluding hydrogens is 208 g/mol. The van der Waals surface area contributed by atoms with E-state index in [1.165, 1.54) is 57.8 Å². The number of rotatable bonds is 7. The van der Waals surface area contributed by atoms with Crippen molar-refractivity contribution in [2.75, 3.05) is 0 Å². The highest BCUT2D eigenvalue weighted by Crippen LogP contribution is 2.33. The van der Waals surface area contributed by atoms with Gasteiger partial charge in [-0.1, -0.05) is 65.2 Å². The molecule has 1 fully saturated rings. The van der Waals surface area contributed by atoms with E-state index in [4.69, 9.17) is 0 Å². The van der Waals surface area contributed by atoms with Gasteiger partial charge in [-0.2, -0.15) is 0 Å². The molecule has 2 atom stereocenters. The monoisotopic (exact) mass is 240 g/mol. The van der Waals surface area contributed by atoms with Crippen LogP contribution in [-0.4, -0.2) is 10.7 Å². The molecule has 0 aromatic heterocycles. The third kappa shape index (κ3) is 6.45. The van der Waals surface area contributed by atoms with E-state index in [2.05, 4.69) is 13.8 Å². The molecule has 1 N–H and O–H groups in total. The van der Waals surface area contributed by atoms with E-state index in [1.807, 2.05) is 0 Å². The van der Waals surface area contributed by atoms with Crippen molar-refractivity contribution in [3.8, 4) is 0 Å². The summed E-state index contributed by atoms with van der Waals surface area (Å²) >= 11 is 0. The van der Waals surface area contributed by atoms with Crippen LogP contribution in [0.3, 0.4) is 0 Å². The van der Waals surface area contributed by atoms with Gasteiger partial charge in [-0.05, 0) is 31.6 Å². The number of unbranched alkanes of at least 4 members (excludes halogenated alkanes) is 5. The minimum atomic E-state index is -0.310. The molecule has 0 aromatic carbocycles. The van der Waals surface area contributed by atoms with Crippen molar-refractivity contribution in [1.82, 2.24) is 0 Å². The van der Waals surface area contributed by atoms with Gasteiger partial charge in [0.15, 0.2) is 0 Å². The van der Waals surface area contributed by atoms with Crippen LogP contribution in [-0.2, 0) is 0 Å². The molecule has 17 heavy (non-hydrogen) atoms. The van der Waals surface area contributed by atoms with Crippen LogP contribution in [0, 0.1) is 5.92 Å². The largest absolute Gasteiger partial charge is 0.390 e. The minimum Gasteiger partial charge on any atom is -0.390 e. The van der Waals surface area contributed by atoms with Gasteiger partial charge in [-0.25, -0.2) is 0 Å². The highest BCUT2D eigenvalue weighted by atomic mass is 16.3. The summed E-state index contributed by atoms with van der Waals surface area (Å²) in [4.78, 5) is 0. The fourth-order valence-electron chi connectivity index (χ4n) is 3.05. The van der Waals surface area contributed by atoms with Crippen LogP contribution in [0.4, 0.5) is 0 Å². The van der Waals surface area contributed by atoms with Crippen molar-refractivity contribution in [3.05, 3.63) is 0 Å². The first-order valence-electron chi connectivity index (χ1n) is 7.89. The standard InChI is InChI=1S/C16H32O/c1-3-4-5-6-7-8-12-16(17)13-9-10-15(2)11-14-16/h15,17H,3-14H2,1-2H3. The first kappa shape index (κ1) is 15.0. The van der Waals surface area contributed by atoms with E-state index in [9.17, 15) is 5.11 Å². The second-order valence-corrected chi connectivity index (χ2v) is 6.28. The number of hydrogen-bond donors (Lipinski definition) is 1. The van der Waals surface area contributed by atoms with E-state index in [0.717, 1.165) is 25.2 Å². The fraction of sp³-hybridized carbons (Fsp3) is 1.00. The molecule has 2 unspecified atom stereocenters. The topological polar surface area (TPSA) is 20.2 Å². The average Bonchev–Trinajstić information content (AvgIpc) is 2.47. The molecule has 0 saturated heterocycles. The second-order valence-electron chi connectivity index (χ2n) is 6.28. The third-order valence-electron chi connectivity index (χ3n) is 4.44. The SMILES string of the molecule is CCCCCCCCC1(O)CCCC(C)CC1. The molecule has 0 amide bonds. The highest BCUT2D eigenvalue weighted by Gasteiger charge is 2.28. The summed E-state index contributed by atoms with van der Waals surface area (Å²) in [6.07, 6.45) is 14.9. The van der Waals surface area contributed by atoms with Crippen molar-refractivity contribution >= 4 is 0 Å². The zero-order valence-corrected chi connectivity index (χ0v) is 12.0. The fourth-order valence-corrected chi connectivity index (χ4v) is 3.05. The van der Waals surface area contributed by atoms with Crippen molar-refractivity contribution < 1.29 is 5.11 Å². The van der Waals surface area contributed by atoms with Crippen LogP contribution in [0.15, 0.2) is 0 Å². The Hall–Kier alpha value is -0.0400. The summed E-state index contributed by atoms with van der Waals surface area (Å²) in [7, 11) is 0. The summed E-state index contributed by atoms with van der Waals surface area (Å²) in [5.41, 5.74) is -0.310. The molecule has 102 valence electrons. The Labute approximate surface area is 108 Å². The lowest BCUT2D eigenvalue weighted by atomic mass is 9.88. The van der Waals surface area contributed by atoms with Gasteiger partial charge < -0.3 is 5.11 Å². The highest BCUT2D eigenvalue weighted by molar-refractivity contribution is 4.82. The van der Waals surface area contributed by atoms with Crippen LogP contribution in [0.1, 0.15) is 90.9 Å². The Balaban J connectivity index is 2.11. The lowest BCUT2D eigenvalue weighted by Crippen LogP contribution is -2.27. The van der Waals surface area contributed by atoms with Gasteiger partial charge in [0.25, 0.3) is 0 Å². The first-order chi connectivity index (χ1) is 8.16. The van der Waals surface area contributed by atoms with Crippen molar-refractivity contribution in [1.29, 1.82) is 0 Å². The van der Waals surface area contributed by atoms with Crippen LogP contribution in [0.25, 0.3) is 0 Å². The van der Waals surface area contributed by atoms with Gasteiger partial charge in [0.1, 0.15) is 0 Å². The molecule has 0 radical (unpaired) electrons. The lowest BCUT2D eigenvalue weighted by molar-refractivity contribution is 0.0132. The minimum absolute atomic E-state index is 0.310. The molecule has 0 bridgehead atoms. The Bertz CT molecular complexity index is 190. The van der Waals surface area contributed by atoms with E-state index in [0.29, 0.717) is 0 Å². The Morgan fingerprint density at radius 3 is 2.47 bits per heavy atom.